The van der Waals surface area contributed by atoms with Crippen molar-refractivity contribution in [1.29, 1.82) is 0 Å². The molecule has 1 aliphatic rings. The number of aromatic nitrogens is 2. The first-order valence-electron chi connectivity index (χ1n) is 9.55. The van der Waals surface area contributed by atoms with Gasteiger partial charge < -0.3 is 19.8 Å². The summed E-state index contributed by atoms with van der Waals surface area (Å²) in [5.74, 6) is 2.66. The van der Waals surface area contributed by atoms with Crippen LogP contribution in [-0.2, 0) is 20.0 Å². The van der Waals surface area contributed by atoms with Gasteiger partial charge in [0.1, 0.15) is 11.5 Å². The molecule has 146 valence electrons. The van der Waals surface area contributed by atoms with E-state index in [1.54, 1.807) is 12.5 Å². The second-order valence-electron chi connectivity index (χ2n) is 6.74. The van der Waals surface area contributed by atoms with E-state index < -0.39 is 0 Å². The lowest BCUT2D eigenvalue weighted by Gasteiger charge is -2.28. The van der Waals surface area contributed by atoms with Crippen molar-refractivity contribution in [2.75, 3.05) is 13.2 Å². The zero-order valence-corrected chi connectivity index (χ0v) is 16.0. The topological polar surface area (TPSA) is 76.6 Å². The second kappa shape index (κ2) is 8.65. The zero-order valence-electron chi connectivity index (χ0n) is 16.0. The van der Waals surface area contributed by atoms with E-state index >= 15 is 0 Å². The maximum atomic E-state index is 5.78. The molecule has 7 heteroatoms. The van der Waals surface area contributed by atoms with Gasteiger partial charge in [0.05, 0.1) is 31.2 Å². The first kappa shape index (κ1) is 18.2. The predicted molar refractivity (Wildman–Crippen MR) is 107 cm³/mol. The van der Waals surface area contributed by atoms with Crippen molar-refractivity contribution < 1.29 is 9.15 Å². The summed E-state index contributed by atoms with van der Waals surface area (Å²) in [6.07, 6.45) is 5.17. The van der Waals surface area contributed by atoms with Crippen LogP contribution in [0, 0.1) is 0 Å². The quantitative estimate of drug-likeness (QED) is 0.509. The lowest BCUT2D eigenvalue weighted by atomic mass is 10.0. The van der Waals surface area contributed by atoms with E-state index in [0.29, 0.717) is 13.2 Å². The number of nitrogens with one attached hydrogen (secondary N) is 2. The Hall–Kier alpha value is -3.22. The lowest BCUT2D eigenvalue weighted by molar-refractivity contribution is 0.261. The van der Waals surface area contributed by atoms with E-state index in [4.69, 9.17) is 14.1 Å². The second-order valence-corrected chi connectivity index (χ2v) is 6.74. The molecule has 2 N–H and O–H groups in total. The van der Waals surface area contributed by atoms with E-state index in [-0.39, 0.29) is 6.04 Å². The number of nitrogens with zero attached hydrogens (tertiary/aromatic N) is 3. The highest BCUT2D eigenvalue weighted by molar-refractivity contribution is 5.80. The Morgan fingerprint density at radius 2 is 2.18 bits per heavy atom. The summed E-state index contributed by atoms with van der Waals surface area (Å²) in [6, 6.07) is 14.2. The number of ether oxygens (including phenoxy) is 1. The number of hydrogen-bond donors (Lipinski definition) is 2. The molecule has 2 aromatic heterocycles. The summed E-state index contributed by atoms with van der Waals surface area (Å²) < 4.78 is 13.0. The molecule has 3 heterocycles. The normalized spacial score (nSPS) is 16.3. The van der Waals surface area contributed by atoms with Gasteiger partial charge in [0.15, 0.2) is 5.96 Å². The van der Waals surface area contributed by atoms with Gasteiger partial charge >= 0.3 is 0 Å². The summed E-state index contributed by atoms with van der Waals surface area (Å²) in [5, 5.41) is 11.2. The van der Waals surface area contributed by atoms with Crippen molar-refractivity contribution in [3.63, 3.8) is 0 Å². The van der Waals surface area contributed by atoms with Crippen LogP contribution in [0.4, 0.5) is 0 Å². The average Bonchev–Trinajstić information content (AvgIpc) is 3.38. The minimum absolute atomic E-state index is 0.159. The third kappa shape index (κ3) is 4.36. The van der Waals surface area contributed by atoms with Crippen LogP contribution in [0.2, 0.25) is 0 Å². The van der Waals surface area contributed by atoms with Crippen LogP contribution in [-0.4, -0.2) is 28.9 Å². The van der Waals surface area contributed by atoms with E-state index in [1.165, 1.54) is 0 Å². The largest absolute Gasteiger partial charge is 0.493 e. The Morgan fingerprint density at radius 3 is 3.00 bits per heavy atom. The molecule has 0 saturated carbocycles. The van der Waals surface area contributed by atoms with Gasteiger partial charge in [0, 0.05) is 38.2 Å². The van der Waals surface area contributed by atoms with Crippen molar-refractivity contribution in [2.24, 2.45) is 12.0 Å². The average molecular weight is 379 g/mol. The van der Waals surface area contributed by atoms with Gasteiger partial charge in [0.2, 0.25) is 0 Å². The van der Waals surface area contributed by atoms with Crippen LogP contribution < -0.4 is 15.4 Å². The molecule has 0 radical (unpaired) electrons. The van der Waals surface area contributed by atoms with Crippen molar-refractivity contribution in [2.45, 2.75) is 25.4 Å². The van der Waals surface area contributed by atoms with Gasteiger partial charge in [-0.15, -0.1) is 0 Å². The molecular formula is C21H25N5O2. The Balaban J connectivity index is 1.46. The third-order valence-electron chi connectivity index (χ3n) is 4.84. The molecule has 28 heavy (non-hydrogen) atoms. The fourth-order valence-electron chi connectivity index (χ4n) is 3.29. The first-order valence-corrected chi connectivity index (χ1v) is 9.55. The van der Waals surface area contributed by atoms with Crippen LogP contribution >= 0.6 is 0 Å². The highest BCUT2D eigenvalue weighted by Gasteiger charge is 2.22. The number of hydrogen-bond acceptors (Lipinski definition) is 4. The van der Waals surface area contributed by atoms with Crippen LogP contribution in [0.5, 0.6) is 5.75 Å². The minimum atomic E-state index is 0.159. The molecule has 7 nitrogen and oxygen atoms in total. The maximum absolute atomic E-state index is 5.78. The van der Waals surface area contributed by atoms with Gasteiger partial charge in [-0.25, -0.2) is 4.99 Å². The summed E-state index contributed by atoms with van der Waals surface area (Å²) in [7, 11) is 1.93. The van der Waals surface area contributed by atoms with Gasteiger partial charge in [0.25, 0.3) is 0 Å². The minimum Gasteiger partial charge on any atom is -0.493 e. The Labute approximate surface area is 164 Å². The van der Waals surface area contributed by atoms with Crippen molar-refractivity contribution in [3.05, 3.63) is 71.9 Å². The number of para-hydroxylation sites is 1. The number of furan rings is 1. The Morgan fingerprint density at radius 1 is 1.25 bits per heavy atom. The number of aliphatic imine (C=N–C) groups is 1. The number of fused-ring (bicyclic) bond motifs is 1. The summed E-state index contributed by atoms with van der Waals surface area (Å²) in [4.78, 5) is 4.78. The van der Waals surface area contributed by atoms with Crippen LogP contribution in [0.1, 0.15) is 29.5 Å². The molecule has 1 aromatic carbocycles. The molecule has 1 atom stereocenters. The summed E-state index contributed by atoms with van der Waals surface area (Å²) in [5.41, 5.74) is 2.22. The highest BCUT2D eigenvalue weighted by atomic mass is 16.5. The van der Waals surface area contributed by atoms with E-state index in [0.717, 1.165) is 48.1 Å². The van der Waals surface area contributed by atoms with Crippen molar-refractivity contribution >= 4 is 5.96 Å². The molecule has 1 aliphatic heterocycles. The molecule has 1 unspecified atom stereocenters. The molecule has 0 aliphatic carbocycles. The highest BCUT2D eigenvalue weighted by Crippen LogP contribution is 2.31. The Bertz CT molecular complexity index is 917. The van der Waals surface area contributed by atoms with Crippen molar-refractivity contribution in [3.8, 4) is 5.75 Å². The van der Waals surface area contributed by atoms with Crippen LogP contribution in [0.25, 0.3) is 0 Å². The fraction of sp³-hybridized carbons (Fsp3) is 0.333. The predicted octanol–water partition coefficient (Wildman–Crippen LogP) is 2.81. The van der Waals surface area contributed by atoms with Gasteiger partial charge in [-0.2, -0.15) is 5.10 Å². The number of aryl methyl sites for hydroxylation is 1. The molecule has 4 rings (SSSR count). The number of rotatable bonds is 6. The molecular weight excluding hydrogens is 354 g/mol. The molecule has 0 fully saturated rings. The van der Waals surface area contributed by atoms with Gasteiger partial charge in [-0.3, -0.25) is 4.68 Å². The SMILES string of the molecule is Cn1nccc1CN=C(NCCc1ccco1)NC1CCOc2ccccc21. The van der Waals surface area contributed by atoms with Gasteiger partial charge in [-0.05, 0) is 24.3 Å². The number of guanidine groups is 1. The number of benzene rings is 1. The molecule has 3 aromatic rings. The first-order chi connectivity index (χ1) is 13.8. The molecule has 0 amide bonds. The third-order valence-corrected chi connectivity index (χ3v) is 4.84. The standard InChI is InChI=1S/C21H25N5O2/c1-26-16(8-12-24-26)15-23-21(22-11-9-17-5-4-13-27-17)25-19-10-14-28-20-7-3-2-6-18(19)20/h2-8,12-13,19H,9-11,14-15H2,1H3,(H2,22,23,25). The van der Waals surface area contributed by atoms with E-state index in [2.05, 4.69) is 21.8 Å². The zero-order chi connectivity index (χ0) is 19.2. The Kier molecular flexibility index (Phi) is 5.61. The monoisotopic (exact) mass is 379 g/mol. The van der Waals surface area contributed by atoms with Gasteiger partial charge in [-0.1, -0.05) is 18.2 Å². The van der Waals surface area contributed by atoms with Crippen molar-refractivity contribution in [1.82, 2.24) is 20.4 Å². The van der Waals surface area contributed by atoms with Crippen LogP contribution in [0.15, 0.2) is 64.3 Å². The summed E-state index contributed by atoms with van der Waals surface area (Å²) >= 11 is 0. The lowest BCUT2D eigenvalue weighted by Crippen LogP contribution is -2.42. The fourth-order valence-corrected chi connectivity index (χ4v) is 3.29. The maximum Gasteiger partial charge on any atom is 0.192 e. The molecule has 0 bridgehead atoms. The smallest absolute Gasteiger partial charge is 0.192 e. The van der Waals surface area contributed by atoms with E-state index in [1.807, 2.05) is 48.1 Å². The summed E-state index contributed by atoms with van der Waals surface area (Å²) in [6.45, 7) is 1.98. The molecule has 0 spiro atoms. The molecule has 0 saturated heterocycles. The van der Waals surface area contributed by atoms with Crippen LogP contribution in [0.3, 0.4) is 0 Å². The van der Waals surface area contributed by atoms with E-state index in [9.17, 15) is 0 Å².